The molecule has 0 saturated heterocycles. The highest BCUT2D eigenvalue weighted by Crippen LogP contribution is 2.37. The number of rotatable bonds is 1. The molecular weight excluding hydrogens is 193 g/mol. The van der Waals surface area contributed by atoms with Crippen molar-refractivity contribution in [2.75, 3.05) is 0 Å². The van der Waals surface area contributed by atoms with E-state index in [1.807, 2.05) is 0 Å². The Morgan fingerprint density at radius 3 is 2.69 bits per heavy atom. The van der Waals surface area contributed by atoms with Crippen LogP contribution in [0.15, 0.2) is 24.3 Å². The Bertz CT molecular complexity index is 489. The maximum atomic E-state index is 10.9. The van der Waals surface area contributed by atoms with Crippen molar-refractivity contribution < 1.29 is 14.4 Å². The zero-order valence-electron chi connectivity index (χ0n) is 6.40. The lowest BCUT2D eigenvalue weighted by atomic mass is 10.3. The van der Waals surface area contributed by atoms with Crippen LogP contribution in [0.25, 0.3) is 11.0 Å². The van der Waals surface area contributed by atoms with Crippen molar-refractivity contribution in [3.05, 3.63) is 24.3 Å². The van der Waals surface area contributed by atoms with Gasteiger partial charge in [0.15, 0.2) is 0 Å². The lowest BCUT2D eigenvalue weighted by molar-refractivity contribution is 0.355. The number of benzene rings is 1. The molecule has 0 unspecified atom stereocenters. The number of nitrogens with zero attached hydrogens (tertiary/aromatic N) is 3. The molecule has 1 aromatic heterocycles. The number of para-hydroxylation sites is 1. The van der Waals surface area contributed by atoms with E-state index in [0.717, 1.165) is 0 Å². The second kappa shape index (κ2) is 2.63. The van der Waals surface area contributed by atoms with Gasteiger partial charge in [-0.05, 0) is 12.1 Å². The van der Waals surface area contributed by atoms with Crippen molar-refractivity contribution >= 4 is 18.8 Å². The molecule has 1 aromatic carbocycles. The van der Waals surface area contributed by atoms with Crippen LogP contribution < -0.4 is 0 Å². The SMILES string of the molecule is O=P(O)(O)n1nnc2ccccc21. The molecule has 0 amide bonds. The molecule has 13 heavy (non-hydrogen) atoms. The predicted molar refractivity (Wildman–Crippen MR) is 45.0 cm³/mol. The highest BCUT2D eigenvalue weighted by atomic mass is 31.2. The molecule has 2 rings (SSSR count). The van der Waals surface area contributed by atoms with Crippen LogP contribution in [0.1, 0.15) is 0 Å². The van der Waals surface area contributed by atoms with Crippen molar-refractivity contribution in [1.82, 2.24) is 14.8 Å². The van der Waals surface area contributed by atoms with Gasteiger partial charge in [-0.1, -0.05) is 17.3 Å². The van der Waals surface area contributed by atoms with Gasteiger partial charge in [-0.2, -0.15) is 0 Å². The monoisotopic (exact) mass is 199 g/mol. The van der Waals surface area contributed by atoms with Crippen molar-refractivity contribution in [2.24, 2.45) is 0 Å². The molecule has 0 saturated carbocycles. The van der Waals surface area contributed by atoms with Crippen molar-refractivity contribution in [3.63, 3.8) is 0 Å². The number of aromatic nitrogens is 3. The quantitative estimate of drug-likeness (QED) is 0.648. The first-order chi connectivity index (χ1) is 6.09. The van der Waals surface area contributed by atoms with Crippen molar-refractivity contribution in [1.29, 1.82) is 0 Å². The van der Waals surface area contributed by atoms with Crippen molar-refractivity contribution in [2.45, 2.75) is 0 Å². The summed E-state index contributed by atoms with van der Waals surface area (Å²) in [6, 6.07) is 6.57. The first kappa shape index (κ1) is 8.37. The van der Waals surface area contributed by atoms with E-state index in [9.17, 15) is 4.57 Å². The van der Waals surface area contributed by atoms with Gasteiger partial charge < -0.3 is 9.79 Å². The molecule has 0 aliphatic carbocycles. The molecule has 0 atom stereocenters. The Hall–Kier alpha value is -1.23. The first-order valence-electron chi connectivity index (χ1n) is 3.46. The topological polar surface area (TPSA) is 88.2 Å². The molecule has 1 heterocycles. The van der Waals surface area contributed by atoms with E-state index < -0.39 is 7.75 Å². The average molecular weight is 199 g/mol. The first-order valence-corrected chi connectivity index (χ1v) is 5.02. The number of fused-ring (bicyclic) bond motifs is 1. The molecule has 2 N–H and O–H groups in total. The number of hydrogen-bond donors (Lipinski definition) is 2. The highest BCUT2D eigenvalue weighted by Gasteiger charge is 2.20. The highest BCUT2D eigenvalue weighted by molar-refractivity contribution is 7.50. The Balaban J connectivity index is 2.79. The minimum atomic E-state index is -4.37. The van der Waals surface area contributed by atoms with Gasteiger partial charge >= 0.3 is 7.75 Å². The van der Waals surface area contributed by atoms with Gasteiger partial charge in [-0.25, -0.2) is 4.57 Å². The molecule has 0 bridgehead atoms. The molecule has 6 nitrogen and oxygen atoms in total. The van der Waals surface area contributed by atoms with Crippen LogP contribution in [0.5, 0.6) is 0 Å². The summed E-state index contributed by atoms with van der Waals surface area (Å²) in [6.45, 7) is 0. The molecule has 0 aliphatic rings. The largest absolute Gasteiger partial charge is 0.451 e. The predicted octanol–water partition coefficient (Wildman–Crippen LogP) is 0.372. The summed E-state index contributed by atoms with van der Waals surface area (Å²) in [5.41, 5.74) is 0.793. The Kier molecular flexibility index (Phi) is 1.69. The third-order valence-corrected chi connectivity index (χ3v) is 2.37. The van der Waals surface area contributed by atoms with Crippen LogP contribution in [0.3, 0.4) is 0 Å². The molecule has 0 fully saturated rings. The molecule has 0 spiro atoms. The van der Waals surface area contributed by atoms with Crippen LogP contribution in [0.2, 0.25) is 0 Å². The fourth-order valence-electron chi connectivity index (χ4n) is 1.05. The van der Waals surface area contributed by atoms with Crippen LogP contribution in [-0.2, 0) is 4.57 Å². The lowest BCUT2D eigenvalue weighted by Gasteiger charge is -2.01. The zero-order valence-corrected chi connectivity index (χ0v) is 7.30. The third kappa shape index (κ3) is 1.35. The molecule has 7 heteroatoms. The smallest absolute Gasteiger partial charge is 0.307 e. The lowest BCUT2D eigenvalue weighted by Crippen LogP contribution is -1.96. The van der Waals surface area contributed by atoms with Gasteiger partial charge in [-0.3, -0.25) is 0 Å². The van der Waals surface area contributed by atoms with E-state index in [4.69, 9.17) is 9.79 Å². The summed E-state index contributed by atoms with van der Waals surface area (Å²) in [6.07, 6.45) is 0. The maximum Gasteiger partial charge on any atom is 0.451 e. The third-order valence-electron chi connectivity index (χ3n) is 1.58. The van der Waals surface area contributed by atoms with Gasteiger partial charge in [0.1, 0.15) is 11.0 Å². The second-order valence-electron chi connectivity index (χ2n) is 2.48. The van der Waals surface area contributed by atoms with E-state index in [2.05, 4.69) is 10.3 Å². The van der Waals surface area contributed by atoms with Crippen molar-refractivity contribution in [3.8, 4) is 0 Å². The van der Waals surface area contributed by atoms with E-state index >= 15 is 0 Å². The molecule has 0 aliphatic heterocycles. The van der Waals surface area contributed by atoms with Gasteiger partial charge in [-0.15, -0.1) is 9.55 Å². The molecule has 2 aromatic rings. The minimum Gasteiger partial charge on any atom is -0.307 e. The fourth-order valence-corrected chi connectivity index (χ4v) is 1.64. The maximum absolute atomic E-state index is 10.9. The average Bonchev–Trinajstić information content (AvgIpc) is 2.45. The summed E-state index contributed by atoms with van der Waals surface area (Å²) in [5.74, 6) is 0. The Morgan fingerprint density at radius 1 is 1.31 bits per heavy atom. The molecule has 68 valence electrons. The number of hydrogen-bond acceptors (Lipinski definition) is 3. The standard InChI is InChI=1S/C6H6N3O3P/c10-13(11,12)9-6-4-2-1-3-5(6)7-8-9/h1-4H,(H2,10,11,12). The minimum absolute atomic E-state index is 0.329. The van der Waals surface area contributed by atoms with E-state index in [0.29, 0.717) is 15.5 Å². The summed E-state index contributed by atoms with van der Waals surface area (Å²) in [4.78, 5) is 17.7. The van der Waals surface area contributed by atoms with Crippen LogP contribution in [0.4, 0.5) is 0 Å². The van der Waals surface area contributed by atoms with Crippen LogP contribution >= 0.6 is 7.75 Å². The molecular formula is C6H6N3O3P. The Labute approximate surface area is 73.0 Å². The van der Waals surface area contributed by atoms with E-state index in [1.54, 1.807) is 24.3 Å². The van der Waals surface area contributed by atoms with Crippen LogP contribution in [0, 0.1) is 0 Å². The van der Waals surface area contributed by atoms with Gasteiger partial charge in [0.05, 0.1) is 0 Å². The van der Waals surface area contributed by atoms with Gasteiger partial charge in [0.25, 0.3) is 0 Å². The summed E-state index contributed by atoms with van der Waals surface area (Å²) in [5, 5.41) is 6.98. The van der Waals surface area contributed by atoms with E-state index in [1.165, 1.54) is 0 Å². The Morgan fingerprint density at radius 2 is 2.00 bits per heavy atom. The molecule has 0 radical (unpaired) electrons. The summed E-state index contributed by atoms with van der Waals surface area (Å²) >= 11 is 0. The van der Waals surface area contributed by atoms with E-state index in [-0.39, 0.29) is 0 Å². The van der Waals surface area contributed by atoms with Crippen LogP contribution in [-0.4, -0.2) is 24.6 Å². The van der Waals surface area contributed by atoms with Gasteiger partial charge in [0.2, 0.25) is 0 Å². The summed E-state index contributed by atoms with van der Waals surface area (Å²) in [7, 11) is -4.37. The zero-order chi connectivity index (χ0) is 9.47. The normalized spacial score (nSPS) is 12.2. The second-order valence-corrected chi connectivity index (χ2v) is 3.89. The fraction of sp³-hybridized carbons (Fsp3) is 0. The van der Waals surface area contributed by atoms with Gasteiger partial charge in [0, 0.05) is 0 Å². The summed E-state index contributed by atoms with van der Waals surface area (Å²) < 4.78 is 11.5.